The molecule has 1 N–H and O–H groups in total. The van der Waals surface area contributed by atoms with E-state index in [4.69, 9.17) is 4.74 Å². The fraction of sp³-hybridized carbons (Fsp3) is 0.167. The van der Waals surface area contributed by atoms with E-state index in [-0.39, 0.29) is 5.91 Å². The first kappa shape index (κ1) is 20.7. The second kappa shape index (κ2) is 11.1. The lowest BCUT2D eigenvalue weighted by molar-refractivity contribution is -0.118. The average Bonchev–Trinajstić information content (AvgIpc) is 2.75. The van der Waals surface area contributed by atoms with E-state index < -0.39 is 0 Å². The summed E-state index contributed by atoms with van der Waals surface area (Å²) < 4.78 is 5.76. The number of hydrogen-bond donors (Lipinski definition) is 1. The lowest BCUT2D eigenvalue weighted by Gasteiger charge is -2.06. The molecular formula is C24H24N2O2S. The summed E-state index contributed by atoms with van der Waals surface area (Å²) in [6, 6.07) is 26.0. The van der Waals surface area contributed by atoms with E-state index in [1.807, 2.05) is 54.6 Å². The van der Waals surface area contributed by atoms with Gasteiger partial charge in [-0.3, -0.25) is 4.79 Å². The topological polar surface area (TPSA) is 50.7 Å². The van der Waals surface area contributed by atoms with Gasteiger partial charge in [-0.05, 0) is 47.9 Å². The zero-order chi connectivity index (χ0) is 20.3. The molecule has 29 heavy (non-hydrogen) atoms. The first-order valence-corrected chi connectivity index (χ1v) is 10.6. The predicted molar refractivity (Wildman–Crippen MR) is 120 cm³/mol. The van der Waals surface area contributed by atoms with Crippen molar-refractivity contribution in [1.29, 1.82) is 0 Å². The van der Waals surface area contributed by atoms with Gasteiger partial charge in [0.1, 0.15) is 12.4 Å². The number of carbonyl (C=O) groups excluding carboxylic acids is 1. The number of hydrazone groups is 1. The molecule has 148 valence electrons. The second-order valence-electron chi connectivity index (χ2n) is 6.61. The van der Waals surface area contributed by atoms with Crippen molar-refractivity contribution in [3.05, 3.63) is 101 Å². The van der Waals surface area contributed by atoms with Gasteiger partial charge < -0.3 is 4.74 Å². The third-order valence-electron chi connectivity index (χ3n) is 4.15. The van der Waals surface area contributed by atoms with Crippen molar-refractivity contribution in [2.45, 2.75) is 19.3 Å². The highest BCUT2D eigenvalue weighted by molar-refractivity contribution is 7.99. The van der Waals surface area contributed by atoms with Crippen LogP contribution in [-0.2, 0) is 17.2 Å². The molecule has 5 heteroatoms. The largest absolute Gasteiger partial charge is 0.489 e. The molecule has 0 radical (unpaired) electrons. The Kier molecular flexibility index (Phi) is 7.90. The van der Waals surface area contributed by atoms with Crippen LogP contribution in [-0.4, -0.2) is 17.9 Å². The molecule has 3 rings (SSSR count). The quantitative estimate of drug-likeness (QED) is 0.405. The van der Waals surface area contributed by atoms with Crippen LogP contribution < -0.4 is 10.2 Å². The number of aryl methyl sites for hydroxylation is 1. The van der Waals surface area contributed by atoms with Crippen LogP contribution in [0, 0.1) is 6.92 Å². The molecule has 0 unspecified atom stereocenters. The molecule has 0 heterocycles. The van der Waals surface area contributed by atoms with Crippen molar-refractivity contribution in [3.8, 4) is 5.75 Å². The fourth-order valence-corrected chi connectivity index (χ4v) is 3.33. The molecule has 1 amide bonds. The molecule has 4 nitrogen and oxygen atoms in total. The van der Waals surface area contributed by atoms with E-state index in [0.717, 1.165) is 22.6 Å². The number of amides is 1. The first-order chi connectivity index (χ1) is 14.2. The Balaban J connectivity index is 1.37. The number of thioether (sulfide) groups is 1. The maximum Gasteiger partial charge on any atom is 0.250 e. The normalized spacial score (nSPS) is 10.8. The van der Waals surface area contributed by atoms with E-state index in [0.29, 0.717) is 12.4 Å². The van der Waals surface area contributed by atoms with Gasteiger partial charge in [-0.15, -0.1) is 11.8 Å². The number of nitrogens with zero attached hydrogens (tertiary/aromatic N) is 1. The standard InChI is InChI=1S/C24H24N2O2S/c1-19-7-9-22(10-8-19)17-29-18-24(27)26-25-15-20-11-13-23(14-12-20)28-16-21-5-3-2-4-6-21/h2-15H,16-18H2,1H3,(H,26,27)/b25-15-. The van der Waals surface area contributed by atoms with Crippen LogP contribution in [0.1, 0.15) is 22.3 Å². The monoisotopic (exact) mass is 404 g/mol. The lowest BCUT2D eigenvalue weighted by atomic mass is 10.2. The van der Waals surface area contributed by atoms with Crippen LogP contribution in [0.4, 0.5) is 0 Å². The summed E-state index contributed by atoms with van der Waals surface area (Å²) in [5, 5.41) is 4.02. The number of rotatable bonds is 9. The van der Waals surface area contributed by atoms with Crippen LogP contribution >= 0.6 is 11.8 Å². The van der Waals surface area contributed by atoms with Crippen molar-refractivity contribution in [2.75, 3.05) is 5.75 Å². The molecule has 0 aliphatic carbocycles. The van der Waals surface area contributed by atoms with Gasteiger partial charge in [-0.2, -0.15) is 5.10 Å². The Hall–Kier alpha value is -3.05. The maximum absolute atomic E-state index is 11.9. The summed E-state index contributed by atoms with van der Waals surface area (Å²) in [5.41, 5.74) is 7.04. The third kappa shape index (κ3) is 7.47. The number of hydrogen-bond acceptors (Lipinski definition) is 4. The van der Waals surface area contributed by atoms with Gasteiger partial charge in [0.15, 0.2) is 0 Å². The van der Waals surface area contributed by atoms with E-state index in [2.05, 4.69) is 41.7 Å². The first-order valence-electron chi connectivity index (χ1n) is 9.41. The molecule has 0 aromatic heterocycles. The number of carbonyl (C=O) groups is 1. The molecule has 3 aromatic rings. The molecule has 0 atom stereocenters. The molecule has 0 spiro atoms. The Morgan fingerprint density at radius 3 is 2.41 bits per heavy atom. The molecule has 0 aliphatic heterocycles. The summed E-state index contributed by atoms with van der Waals surface area (Å²) >= 11 is 1.57. The average molecular weight is 405 g/mol. The van der Waals surface area contributed by atoms with Gasteiger partial charge in [0.25, 0.3) is 0 Å². The number of nitrogens with one attached hydrogen (secondary N) is 1. The van der Waals surface area contributed by atoms with Crippen LogP contribution in [0.2, 0.25) is 0 Å². The molecule has 0 saturated heterocycles. The fourth-order valence-electron chi connectivity index (χ4n) is 2.55. The van der Waals surface area contributed by atoms with Crippen LogP contribution in [0.25, 0.3) is 0 Å². The minimum atomic E-state index is -0.110. The van der Waals surface area contributed by atoms with Gasteiger partial charge >= 0.3 is 0 Å². The highest BCUT2D eigenvalue weighted by Crippen LogP contribution is 2.14. The Morgan fingerprint density at radius 1 is 0.966 bits per heavy atom. The van der Waals surface area contributed by atoms with Gasteiger partial charge in [-0.1, -0.05) is 60.2 Å². The van der Waals surface area contributed by atoms with Crippen LogP contribution in [0.15, 0.2) is 84.0 Å². The third-order valence-corrected chi connectivity index (χ3v) is 5.16. The van der Waals surface area contributed by atoms with Crippen molar-refractivity contribution in [3.63, 3.8) is 0 Å². The molecule has 3 aromatic carbocycles. The summed E-state index contributed by atoms with van der Waals surface area (Å²) in [5.74, 6) is 1.86. The Bertz CT molecular complexity index is 923. The van der Waals surface area contributed by atoms with Gasteiger partial charge in [0.2, 0.25) is 5.91 Å². The summed E-state index contributed by atoms with van der Waals surface area (Å²) in [6.45, 7) is 2.60. The SMILES string of the molecule is Cc1ccc(CSCC(=O)N/N=C\c2ccc(OCc3ccccc3)cc2)cc1. The predicted octanol–water partition coefficient (Wildman–Crippen LogP) is 4.96. The number of benzene rings is 3. The van der Waals surface area contributed by atoms with Crippen molar-refractivity contribution in [2.24, 2.45) is 5.10 Å². The smallest absolute Gasteiger partial charge is 0.250 e. The van der Waals surface area contributed by atoms with Crippen LogP contribution in [0.3, 0.4) is 0 Å². The van der Waals surface area contributed by atoms with E-state index in [1.54, 1.807) is 18.0 Å². The van der Waals surface area contributed by atoms with Gasteiger partial charge in [0.05, 0.1) is 12.0 Å². The van der Waals surface area contributed by atoms with Crippen LogP contribution in [0.5, 0.6) is 5.75 Å². The van der Waals surface area contributed by atoms with E-state index in [1.165, 1.54) is 11.1 Å². The van der Waals surface area contributed by atoms with Gasteiger partial charge in [-0.25, -0.2) is 5.43 Å². The summed E-state index contributed by atoms with van der Waals surface area (Å²) in [4.78, 5) is 11.9. The van der Waals surface area contributed by atoms with Crippen molar-refractivity contribution in [1.82, 2.24) is 5.43 Å². The second-order valence-corrected chi connectivity index (χ2v) is 7.60. The van der Waals surface area contributed by atoms with Crippen molar-refractivity contribution < 1.29 is 9.53 Å². The minimum Gasteiger partial charge on any atom is -0.489 e. The van der Waals surface area contributed by atoms with E-state index >= 15 is 0 Å². The number of ether oxygens (including phenoxy) is 1. The molecular weight excluding hydrogens is 380 g/mol. The highest BCUT2D eigenvalue weighted by atomic mass is 32.2. The lowest BCUT2D eigenvalue weighted by Crippen LogP contribution is -2.19. The molecule has 0 aliphatic rings. The summed E-state index contributed by atoms with van der Waals surface area (Å²) in [6.07, 6.45) is 1.63. The minimum absolute atomic E-state index is 0.110. The van der Waals surface area contributed by atoms with Gasteiger partial charge in [0, 0.05) is 5.75 Å². The molecule has 0 bridgehead atoms. The Labute approximate surface area is 176 Å². The maximum atomic E-state index is 11.9. The van der Waals surface area contributed by atoms with E-state index in [9.17, 15) is 4.79 Å². The summed E-state index contributed by atoms with van der Waals surface area (Å²) in [7, 11) is 0. The van der Waals surface area contributed by atoms with Crippen molar-refractivity contribution >= 4 is 23.9 Å². The highest BCUT2D eigenvalue weighted by Gasteiger charge is 2.01. The zero-order valence-electron chi connectivity index (χ0n) is 16.4. The molecule has 0 fully saturated rings. The zero-order valence-corrected chi connectivity index (χ0v) is 17.2. The Morgan fingerprint density at radius 2 is 1.69 bits per heavy atom. The molecule has 0 saturated carbocycles.